The van der Waals surface area contributed by atoms with Gasteiger partial charge in [-0.15, -0.1) is 0 Å². The molecule has 0 aromatic heterocycles. The Labute approximate surface area is 117 Å². The maximum absolute atomic E-state index is 12.2. The molecule has 1 N–H and O–H groups in total. The van der Waals surface area contributed by atoms with Crippen LogP contribution < -0.4 is 9.46 Å². The number of sulfonamides is 1. The lowest BCUT2D eigenvalue weighted by Gasteiger charge is -2.15. The van der Waals surface area contributed by atoms with Crippen LogP contribution in [0.3, 0.4) is 0 Å². The van der Waals surface area contributed by atoms with Gasteiger partial charge in [0, 0.05) is 10.5 Å². The molecule has 0 aliphatic carbocycles. The Hall–Kier alpha value is -0.590. The van der Waals surface area contributed by atoms with Crippen molar-refractivity contribution in [2.45, 2.75) is 38.1 Å². The normalized spacial score (nSPS) is 13.4. The fourth-order valence-electron chi connectivity index (χ4n) is 1.42. The second-order valence-corrected chi connectivity index (χ2v) is 6.72. The SMILES string of the molecule is CC[C@H](C)NS(=O)(=O)c1cc(Br)c(C)cc1OC. The lowest BCUT2D eigenvalue weighted by Crippen LogP contribution is -2.32. The van der Waals surface area contributed by atoms with Crippen LogP contribution in [0.1, 0.15) is 25.8 Å². The van der Waals surface area contributed by atoms with Gasteiger partial charge in [0.15, 0.2) is 0 Å². The molecule has 0 amide bonds. The minimum atomic E-state index is -3.56. The van der Waals surface area contributed by atoms with Crippen molar-refractivity contribution in [1.29, 1.82) is 0 Å². The Bertz CT molecular complexity index is 528. The molecule has 4 nitrogen and oxygen atoms in total. The number of nitrogens with one attached hydrogen (secondary N) is 1. The van der Waals surface area contributed by atoms with Gasteiger partial charge in [-0.1, -0.05) is 22.9 Å². The zero-order chi connectivity index (χ0) is 13.9. The minimum absolute atomic E-state index is 0.111. The van der Waals surface area contributed by atoms with Crippen molar-refractivity contribution < 1.29 is 13.2 Å². The molecule has 6 heteroatoms. The lowest BCUT2D eigenvalue weighted by molar-refractivity contribution is 0.401. The molecule has 102 valence electrons. The van der Waals surface area contributed by atoms with E-state index in [1.807, 2.05) is 20.8 Å². The monoisotopic (exact) mass is 335 g/mol. The van der Waals surface area contributed by atoms with E-state index >= 15 is 0 Å². The Morgan fingerprint density at radius 2 is 2.06 bits per heavy atom. The van der Waals surface area contributed by atoms with Gasteiger partial charge in [0.2, 0.25) is 10.0 Å². The van der Waals surface area contributed by atoms with E-state index in [1.54, 1.807) is 12.1 Å². The molecule has 0 bridgehead atoms. The number of methoxy groups -OCH3 is 1. The van der Waals surface area contributed by atoms with Gasteiger partial charge in [0.25, 0.3) is 0 Å². The smallest absolute Gasteiger partial charge is 0.244 e. The van der Waals surface area contributed by atoms with Gasteiger partial charge in [-0.2, -0.15) is 0 Å². The number of aryl methyl sites for hydroxylation is 1. The van der Waals surface area contributed by atoms with Crippen molar-refractivity contribution in [2.75, 3.05) is 7.11 Å². The molecule has 0 radical (unpaired) electrons. The summed E-state index contributed by atoms with van der Waals surface area (Å²) in [5.74, 6) is 0.353. The van der Waals surface area contributed by atoms with Gasteiger partial charge in [-0.25, -0.2) is 13.1 Å². The third kappa shape index (κ3) is 3.46. The molecule has 18 heavy (non-hydrogen) atoms. The molecule has 0 saturated heterocycles. The highest BCUT2D eigenvalue weighted by Crippen LogP contribution is 2.30. The molecule has 0 saturated carbocycles. The summed E-state index contributed by atoms with van der Waals surface area (Å²) in [7, 11) is -2.10. The van der Waals surface area contributed by atoms with E-state index in [0.717, 1.165) is 16.5 Å². The molecule has 1 aromatic rings. The Morgan fingerprint density at radius 1 is 1.44 bits per heavy atom. The molecule has 1 atom stereocenters. The molecule has 0 aliphatic heterocycles. The zero-order valence-electron chi connectivity index (χ0n) is 11.0. The van der Waals surface area contributed by atoms with Crippen molar-refractivity contribution in [2.24, 2.45) is 0 Å². The quantitative estimate of drug-likeness (QED) is 0.900. The average Bonchev–Trinajstić information content (AvgIpc) is 2.31. The summed E-state index contributed by atoms with van der Waals surface area (Å²) >= 11 is 3.34. The molecule has 1 rings (SSSR count). The summed E-state index contributed by atoms with van der Waals surface area (Å²) in [5, 5.41) is 0. The predicted octanol–water partition coefficient (Wildman–Crippen LogP) is 2.84. The third-order valence-electron chi connectivity index (χ3n) is 2.70. The van der Waals surface area contributed by atoms with Crippen molar-refractivity contribution in [3.05, 3.63) is 22.2 Å². The Kier molecular flexibility index (Phi) is 5.19. The van der Waals surface area contributed by atoms with E-state index in [1.165, 1.54) is 7.11 Å². The summed E-state index contributed by atoms with van der Waals surface area (Å²) in [5.41, 5.74) is 0.925. The lowest BCUT2D eigenvalue weighted by atomic mass is 10.2. The highest BCUT2D eigenvalue weighted by atomic mass is 79.9. The molecule has 0 unspecified atom stereocenters. The van der Waals surface area contributed by atoms with Gasteiger partial charge in [0.05, 0.1) is 7.11 Å². The number of hydrogen-bond donors (Lipinski definition) is 1. The molecule has 0 aliphatic rings. The zero-order valence-corrected chi connectivity index (χ0v) is 13.4. The molecular weight excluding hydrogens is 318 g/mol. The van der Waals surface area contributed by atoms with E-state index in [2.05, 4.69) is 20.7 Å². The van der Waals surface area contributed by atoms with E-state index in [-0.39, 0.29) is 10.9 Å². The number of rotatable bonds is 5. The summed E-state index contributed by atoms with van der Waals surface area (Å²) in [6, 6.07) is 3.16. The van der Waals surface area contributed by atoms with Crippen LogP contribution in [-0.2, 0) is 10.0 Å². The molecule has 0 fully saturated rings. The summed E-state index contributed by atoms with van der Waals surface area (Å²) < 4.78 is 33.0. The average molecular weight is 336 g/mol. The first-order valence-electron chi connectivity index (χ1n) is 5.68. The van der Waals surface area contributed by atoms with Gasteiger partial charge in [-0.3, -0.25) is 0 Å². The number of ether oxygens (including phenoxy) is 1. The number of hydrogen-bond acceptors (Lipinski definition) is 3. The molecule has 1 aromatic carbocycles. The van der Waals surface area contributed by atoms with Crippen molar-refractivity contribution in [3.63, 3.8) is 0 Å². The van der Waals surface area contributed by atoms with Crippen LogP contribution >= 0.6 is 15.9 Å². The highest BCUT2D eigenvalue weighted by Gasteiger charge is 2.22. The van der Waals surface area contributed by atoms with Crippen LogP contribution in [0.4, 0.5) is 0 Å². The van der Waals surface area contributed by atoms with Crippen LogP contribution in [0.2, 0.25) is 0 Å². The topological polar surface area (TPSA) is 55.4 Å². The Morgan fingerprint density at radius 3 is 2.56 bits per heavy atom. The van der Waals surface area contributed by atoms with E-state index in [9.17, 15) is 8.42 Å². The second kappa shape index (κ2) is 6.04. The van der Waals surface area contributed by atoms with Crippen molar-refractivity contribution >= 4 is 26.0 Å². The summed E-state index contributed by atoms with van der Waals surface area (Å²) in [6.45, 7) is 5.63. The molecule has 0 heterocycles. The maximum Gasteiger partial charge on any atom is 0.244 e. The van der Waals surface area contributed by atoms with Crippen LogP contribution in [-0.4, -0.2) is 21.6 Å². The van der Waals surface area contributed by atoms with Gasteiger partial charge >= 0.3 is 0 Å². The van der Waals surface area contributed by atoms with Crippen LogP contribution in [0, 0.1) is 6.92 Å². The van der Waals surface area contributed by atoms with Crippen LogP contribution in [0.5, 0.6) is 5.75 Å². The van der Waals surface area contributed by atoms with Crippen molar-refractivity contribution in [1.82, 2.24) is 4.72 Å². The van der Waals surface area contributed by atoms with Crippen LogP contribution in [0.25, 0.3) is 0 Å². The highest BCUT2D eigenvalue weighted by molar-refractivity contribution is 9.10. The van der Waals surface area contributed by atoms with Crippen molar-refractivity contribution in [3.8, 4) is 5.75 Å². The summed E-state index contributed by atoms with van der Waals surface area (Å²) in [4.78, 5) is 0.155. The van der Waals surface area contributed by atoms with Crippen LogP contribution in [0.15, 0.2) is 21.5 Å². The predicted molar refractivity (Wildman–Crippen MR) is 75.5 cm³/mol. The maximum atomic E-state index is 12.2. The third-order valence-corrected chi connectivity index (χ3v) is 5.17. The first-order chi connectivity index (χ1) is 8.31. The standard InChI is InChI=1S/C12H18BrNO3S/c1-5-9(3)14-18(15,16)12-7-10(13)8(2)6-11(12)17-4/h6-7,9,14H,5H2,1-4H3/t9-/m0/s1. The molecular formula is C12H18BrNO3S. The minimum Gasteiger partial charge on any atom is -0.495 e. The Balaban J connectivity index is 3.27. The van der Waals surface area contributed by atoms with E-state index < -0.39 is 10.0 Å². The number of halogens is 1. The fourth-order valence-corrected chi connectivity index (χ4v) is 3.42. The van der Waals surface area contributed by atoms with E-state index in [4.69, 9.17) is 4.74 Å². The number of benzene rings is 1. The summed E-state index contributed by atoms with van der Waals surface area (Å²) in [6.07, 6.45) is 0.731. The first-order valence-corrected chi connectivity index (χ1v) is 7.96. The van der Waals surface area contributed by atoms with E-state index in [0.29, 0.717) is 5.75 Å². The second-order valence-electron chi connectivity index (χ2n) is 4.18. The van der Waals surface area contributed by atoms with Gasteiger partial charge in [0.1, 0.15) is 10.6 Å². The largest absolute Gasteiger partial charge is 0.495 e. The fraction of sp³-hybridized carbons (Fsp3) is 0.500. The van der Waals surface area contributed by atoms with Gasteiger partial charge < -0.3 is 4.74 Å². The molecule has 0 spiro atoms. The van der Waals surface area contributed by atoms with Gasteiger partial charge in [-0.05, 0) is 38.0 Å². The first kappa shape index (κ1) is 15.5.